The van der Waals surface area contributed by atoms with Crippen LogP contribution < -0.4 is 4.74 Å². The molecule has 0 saturated heterocycles. The molecule has 0 heterocycles. The van der Waals surface area contributed by atoms with Crippen LogP contribution in [0.4, 0.5) is 5.69 Å². The van der Waals surface area contributed by atoms with Crippen molar-refractivity contribution >= 4 is 55.9 Å². The van der Waals surface area contributed by atoms with Gasteiger partial charge in [-0.2, -0.15) is 5.26 Å². The second-order valence-corrected chi connectivity index (χ2v) is 8.16. The van der Waals surface area contributed by atoms with Gasteiger partial charge in [-0.15, -0.1) is 0 Å². The molecule has 0 spiro atoms. The molecule has 0 atom stereocenters. The molecule has 144 valence electrons. The van der Waals surface area contributed by atoms with Crippen LogP contribution in [0.25, 0.3) is 11.6 Å². The lowest BCUT2D eigenvalue weighted by Gasteiger charge is -2.09. The Kier molecular flexibility index (Phi) is 7.01. The molecule has 0 N–H and O–H groups in total. The molecule has 0 aromatic heterocycles. The lowest BCUT2D eigenvalue weighted by Crippen LogP contribution is -1.97. The molecular weight excluding hydrogens is 547 g/mol. The van der Waals surface area contributed by atoms with E-state index in [1.165, 1.54) is 12.1 Å². The average molecular weight is 561 g/mol. The molecule has 0 aliphatic heterocycles. The van der Waals surface area contributed by atoms with Crippen LogP contribution in [0.15, 0.2) is 71.2 Å². The molecule has 0 amide bonds. The molecule has 3 rings (SSSR count). The quantitative estimate of drug-likeness (QED) is 0.112. The number of rotatable bonds is 6. The largest absolute Gasteiger partial charge is 0.488 e. The van der Waals surface area contributed by atoms with E-state index in [0.717, 1.165) is 24.9 Å². The molecule has 0 fully saturated rings. The van der Waals surface area contributed by atoms with Gasteiger partial charge in [0, 0.05) is 16.6 Å². The minimum absolute atomic E-state index is 0.0464. The first kappa shape index (κ1) is 21.0. The molecule has 3 aromatic carbocycles. The summed E-state index contributed by atoms with van der Waals surface area (Å²) in [5, 5.41) is 20.5. The van der Waals surface area contributed by atoms with Crippen molar-refractivity contribution < 1.29 is 9.66 Å². The van der Waals surface area contributed by atoms with Crippen LogP contribution in [-0.2, 0) is 6.61 Å². The first-order valence-corrected chi connectivity index (χ1v) is 10.4. The Morgan fingerprint density at radius 3 is 2.59 bits per heavy atom. The van der Waals surface area contributed by atoms with Gasteiger partial charge < -0.3 is 4.74 Å². The van der Waals surface area contributed by atoms with Crippen molar-refractivity contribution in [3.05, 3.63) is 102 Å². The second-order valence-electron chi connectivity index (χ2n) is 6.08. The van der Waals surface area contributed by atoms with Gasteiger partial charge >= 0.3 is 0 Å². The molecule has 29 heavy (non-hydrogen) atoms. The van der Waals surface area contributed by atoms with Gasteiger partial charge in [0.2, 0.25) is 0 Å². The third-order valence-corrected chi connectivity index (χ3v) is 5.43. The number of nitro groups is 1. The van der Waals surface area contributed by atoms with E-state index in [1.54, 1.807) is 18.2 Å². The highest BCUT2D eigenvalue weighted by atomic mass is 127. The summed E-state index contributed by atoms with van der Waals surface area (Å²) in [6.45, 7) is 0.454. The Morgan fingerprint density at radius 1 is 1.17 bits per heavy atom. The summed E-state index contributed by atoms with van der Waals surface area (Å²) in [7, 11) is 0. The van der Waals surface area contributed by atoms with Gasteiger partial charge in [-0.1, -0.05) is 46.3 Å². The third kappa shape index (κ3) is 5.65. The molecular formula is C22H14BrIN2O3. The van der Waals surface area contributed by atoms with Crippen LogP contribution in [0.3, 0.4) is 0 Å². The minimum Gasteiger partial charge on any atom is -0.488 e. The fraction of sp³-hybridized carbons (Fsp3) is 0.0455. The van der Waals surface area contributed by atoms with Crippen molar-refractivity contribution in [2.24, 2.45) is 0 Å². The summed E-state index contributed by atoms with van der Waals surface area (Å²) in [5.74, 6) is 0.750. The third-order valence-electron chi connectivity index (χ3n) is 4.06. The van der Waals surface area contributed by atoms with E-state index in [-0.39, 0.29) is 5.69 Å². The lowest BCUT2D eigenvalue weighted by atomic mass is 10.0. The van der Waals surface area contributed by atoms with Crippen LogP contribution in [0.2, 0.25) is 0 Å². The topological polar surface area (TPSA) is 76.2 Å². The highest BCUT2D eigenvalue weighted by Gasteiger charge is 2.10. The van der Waals surface area contributed by atoms with Gasteiger partial charge in [0.15, 0.2) is 0 Å². The first-order valence-electron chi connectivity index (χ1n) is 8.49. The molecule has 0 radical (unpaired) electrons. The zero-order valence-electron chi connectivity index (χ0n) is 15.0. The molecule has 0 aliphatic rings. The minimum atomic E-state index is -0.473. The Labute approximate surface area is 190 Å². The van der Waals surface area contributed by atoms with Gasteiger partial charge in [0.05, 0.1) is 20.1 Å². The number of nitro benzene ring substituents is 1. The summed E-state index contributed by atoms with van der Waals surface area (Å²) in [4.78, 5) is 10.5. The van der Waals surface area contributed by atoms with E-state index in [9.17, 15) is 15.4 Å². The van der Waals surface area contributed by atoms with Gasteiger partial charge in [-0.25, -0.2) is 0 Å². The van der Waals surface area contributed by atoms with E-state index >= 15 is 0 Å². The standard InChI is InChI=1S/C22H14BrIN2O3/c23-19-7-4-15(5-8-19)14-29-22-9-6-16(11-21(22)24)10-18(13-25)17-2-1-3-20(12-17)26(27)28/h1-12H,14H2/b18-10-. The number of allylic oxidation sites excluding steroid dienone is 1. The Balaban J connectivity index is 1.79. The monoisotopic (exact) mass is 560 g/mol. The van der Waals surface area contributed by atoms with Crippen LogP contribution in [-0.4, -0.2) is 4.92 Å². The highest BCUT2D eigenvalue weighted by molar-refractivity contribution is 14.1. The molecule has 0 unspecified atom stereocenters. The van der Waals surface area contributed by atoms with E-state index in [2.05, 4.69) is 44.6 Å². The van der Waals surface area contributed by atoms with Crippen LogP contribution in [0.5, 0.6) is 5.75 Å². The van der Waals surface area contributed by atoms with Crippen molar-refractivity contribution in [3.8, 4) is 11.8 Å². The fourth-order valence-corrected chi connectivity index (χ4v) is 3.56. The highest BCUT2D eigenvalue weighted by Crippen LogP contribution is 2.27. The molecule has 3 aromatic rings. The number of hydrogen-bond acceptors (Lipinski definition) is 4. The lowest BCUT2D eigenvalue weighted by molar-refractivity contribution is -0.384. The normalized spacial score (nSPS) is 11.0. The smallest absolute Gasteiger partial charge is 0.270 e. The summed E-state index contributed by atoms with van der Waals surface area (Å²) in [6, 6.07) is 21.7. The maximum atomic E-state index is 11.0. The number of benzene rings is 3. The summed E-state index contributed by atoms with van der Waals surface area (Å²) in [5.41, 5.74) is 2.69. The van der Waals surface area contributed by atoms with Crippen molar-refractivity contribution in [2.75, 3.05) is 0 Å². The van der Waals surface area contributed by atoms with Crippen LogP contribution >= 0.6 is 38.5 Å². The molecule has 7 heteroatoms. The van der Waals surface area contributed by atoms with Crippen LogP contribution in [0, 0.1) is 25.0 Å². The maximum Gasteiger partial charge on any atom is 0.270 e. The second kappa shape index (κ2) is 9.67. The van der Waals surface area contributed by atoms with E-state index in [0.29, 0.717) is 17.7 Å². The Morgan fingerprint density at radius 2 is 1.93 bits per heavy atom. The van der Waals surface area contributed by atoms with Crippen molar-refractivity contribution in [2.45, 2.75) is 6.61 Å². The van der Waals surface area contributed by atoms with E-state index in [1.807, 2.05) is 42.5 Å². The average Bonchev–Trinajstić information content (AvgIpc) is 2.72. The number of halogens is 2. The predicted molar refractivity (Wildman–Crippen MR) is 124 cm³/mol. The number of non-ortho nitro benzene ring substituents is 1. The zero-order chi connectivity index (χ0) is 20.8. The number of nitriles is 1. The Bertz CT molecular complexity index is 1120. The zero-order valence-corrected chi connectivity index (χ0v) is 18.8. The summed E-state index contributed by atoms with van der Waals surface area (Å²) in [6.07, 6.45) is 1.71. The van der Waals surface area contributed by atoms with E-state index in [4.69, 9.17) is 4.74 Å². The molecule has 5 nitrogen and oxygen atoms in total. The SMILES string of the molecule is N#C/C(=C/c1ccc(OCc2ccc(Br)cc2)c(I)c1)c1cccc([N+](=O)[O-])c1. The summed E-state index contributed by atoms with van der Waals surface area (Å²) >= 11 is 5.60. The number of ether oxygens (including phenoxy) is 1. The van der Waals surface area contributed by atoms with E-state index < -0.39 is 4.92 Å². The number of hydrogen-bond donors (Lipinski definition) is 0. The molecule has 0 saturated carbocycles. The Hall–Kier alpha value is -2.70. The van der Waals surface area contributed by atoms with Gasteiger partial charge in [-0.3, -0.25) is 10.1 Å². The maximum absolute atomic E-state index is 11.0. The van der Waals surface area contributed by atoms with Crippen molar-refractivity contribution in [1.29, 1.82) is 5.26 Å². The van der Waals surface area contributed by atoms with Gasteiger partial charge in [0.25, 0.3) is 5.69 Å². The fourth-order valence-electron chi connectivity index (χ4n) is 2.60. The predicted octanol–water partition coefficient (Wildman–Crippen LogP) is 6.61. The van der Waals surface area contributed by atoms with Crippen molar-refractivity contribution in [1.82, 2.24) is 0 Å². The molecule has 0 bridgehead atoms. The van der Waals surface area contributed by atoms with Crippen LogP contribution in [0.1, 0.15) is 16.7 Å². The van der Waals surface area contributed by atoms with Gasteiger partial charge in [-0.05, 0) is 69.6 Å². The number of nitrogens with zero attached hydrogens (tertiary/aromatic N) is 2. The summed E-state index contributed by atoms with van der Waals surface area (Å²) < 4.78 is 7.82. The first-order chi connectivity index (χ1) is 14.0. The molecule has 0 aliphatic carbocycles. The van der Waals surface area contributed by atoms with Crippen molar-refractivity contribution in [3.63, 3.8) is 0 Å². The van der Waals surface area contributed by atoms with Gasteiger partial charge in [0.1, 0.15) is 12.4 Å².